The Morgan fingerprint density at radius 1 is 1.00 bits per heavy atom. The summed E-state index contributed by atoms with van der Waals surface area (Å²) in [6.45, 7) is 1.13. The number of nitrogens with one attached hydrogen (secondary N) is 2. The Morgan fingerprint density at radius 3 is 2.08 bits per heavy atom. The zero-order chi connectivity index (χ0) is 27.0. The maximum atomic E-state index is 12.8. The molecule has 190 valence electrons. The molecule has 0 radical (unpaired) electrons. The van der Waals surface area contributed by atoms with E-state index in [2.05, 4.69) is 20.6 Å². The van der Waals surface area contributed by atoms with E-state index < -0.39 is 69.6 Å². The number of rotatable bonds is 7. The number of aromatic amines is 1. The van der Waals surface area contributed by atoms with Crippen LogP contribution < -0.4 is 10.9 Å². The first kappa shape index (κ1) is 26.7. The maximum Gasteiger partial charge on any atom is 0.356 e. The van der Waals surface area contributed by atoms with Crippen molar-refractivity contribution in [3.05, 3.63) is 57.5 Å². The number of hydrogen-bond donors (Lipinski definition) is 5. The van der Waals surface area contributed by atoms with Crippen LogP contribution in [0, 0.1) is 0 Å². The fourth-order valence-corrected chi connectivity index (χ4v) is 4.33. The van der Waals surface area contributed by atoms with E-state index in [0.29, 0.717) is 4.68 Å². The highest BCUT2D eigenvalue weighted by Crippen LogP contribution is 2.36. The minimum Gasteiger partial charge on any atom is -0.476 e. The molecule has 2 aromatic carbocycles. The fraction of sp³-hybridized carbons (Fsp3) is 0.0556. The Kier molecular flexibility index (Phi) is 7.14. The molecule has 3 aromatic rings. The first-order chi connectivity index (χ1) is 16.6. The van der Waals surface area contributed by atoms with Gasteiger partial charge in [-0.15, -0.1) is 10.2 Å². The molecule has 15 nitrogen and oxygen atoms in total. The summed E-state index contributed by atoms with van der Waals surface area (Å²) in [6.07, 6.45) is 0. The molecule has 18 heteroatoms. The maximum absolute atomic E-state index is 12.8. The number of carboxylic acid groups (broad SMARTS) is 1. The Labute approximate surface area is 206 Å². The summed E-state index contributed by atoms with van der Waals surface area (Å²) in [5, 5.41) is 20.6. The van der Waals surface area contributed by atoms with Gasteiger partial charge in [0.25, 0.3) is 25.8 Å². The van der Waals surface area contributed by atoms with Crippen LogP contribution in [0.2, 0.25) is 5.02 Å². The molecule has 1 heterocycles. The molecule has 1 aromatic heterocycles. The van der Waals surface area contributed by atoms with Crippen molar-refractivity contribution >= 4 is 60.8 Å². The third kappa shape index (κ3) is 5.66. The summed E-state index contributed by atoms with van der Waals surface area (Å²) >= 11 is 6.03. The summed E-state index contributed by atoms with van der Waals surface area (Å²) in [6, 6.07) is 5.98. The van der Waals surface area contributed by atoms with Crippen LogP contribution in [0.4, 0.5) is 17.1 Å². The number of anilines is 1. The van der Waals surface area contributed by atoms with E-state index in [0.717, 1.165) is 43.3 Å². The predicted octanol–water partition coefficient (Wildman–Crippen LogP) is 2.38. The molecule has 3 rings (SSSR count). The molecular formula is C18H14ClN5O10S2. The van der Waals surface area contributed by atoms with Crippen molar-refractivity contribution in [3.8, 4) is 5.69 Å². The lowest BCUT2D eigenvalue weighted by Crippen LogP contribution is -2.14. The van der Waals surface area contributed by atoms with Gasteiger partial charge >= 0.3 is 5.97 Å². The van der Waals surface area contributed by atoms with Crippen LogP contribution in [0.5, 0.6) is 0 Å². The quantitative estimate of drug-likeness (QED) is 0.209. The zero-order valence-electron chi connectivity index (χ0n) is 17.7. The largest absolute Gasteiger partial charge is 0.476 e. The molecule has 0 fully saturated rings. The van der Waals surface area contributed by atoms with Gasteiger partial charge in [-0.1, -0.05) is 11.6 Å². The first-order valence-corrected chi connectivity index (χ1v) is 12.5. The SMILES string of the molecule is CC(=O)Nc1cc(Cl)c(N=Nc2c(C(=O)O)[nH]n(-c3ccc(S(=O)(=O)O)cc3)c2=O)c(S(=O)(=O)O)c1. The number of nitrogens with zero attached hydrogens (tertiary/aromatic N) is 3. The summed E-state index contributed by atoms with van der Waals surface area (Å²) in [5.41, 5.74) is -3.48. The van der Waals surface area contributed by atoms with Gasteiger partial charge in [-0.05, 0) is 36.4 Å². The molecule has 0 aliphatic carbocycles. The van der Waals surface area contributed by atoms with Gasteiger partial charge in [0.05, 0.1) is 15.6 Å². The lowest BCUT2D eigenvalue weighted by molar-refractivity contribution is -0.114. The Balaban J connectivity index is 2.16. The molecule has 0 bridgehead atoms. The molecule has 0 atom stereocenters. The van der Waals surface area contributed by atoms with Gasteiger partial charge in [0.15, 0.2) is 11.4 Å². The number of H-pyrrole nitrogens is 1. The van der Waals surface area contributed by atoms with Gasteiger partial charge in [0.2, 0.25) is 5.91 Å². The average molecular weight is 560 g/mol. The molecule has 0 aliphatic heterocycles. The van der Waals surface area contributed by atoms with Crippen molar-refractivity contribution in [1.29, 1.82) is 0 Å². The summed E-state index contributed by atoms with van der Waals surface area (Å²) in [7, 11) is -9.50. The van der Waals surface area contributed by atoms with E-state index in [-0.39, 0.29) is 11.4 Å². The number of aromatic nitrogens is 2. The van der Waals surface area contributed by atoms with Crippen LogP contribution in [0.25, 0.3) is 5.69 Å². The lowest BCUT2D eigenvalue weighted by Gasteiger charge is -2.08. The Hall–Kier alpha value is -3.90. The highest BCUT2D eigenvalue weighted by molar-refractivity contribution is 7.86. The monoisotopic (exact) mass is 559 g/mol. The second kappa shape index (κ2) is 9.63. The van der Waals surface area contributed by atoms with E-state index in [4.69, 9.17) is 16.2 Å². The molecule has 1 amide bonds. The lowest BCUT2D eigenvalue weighted by atomic mass is 10.3. The van der Waals surface area contributed by atoms with E-state index in [1.165, 1.54) is 0 Å². The number of halogens is 1. The van der Waals surface area contributed by atoms with Crippen molar-refractivity contribution in [2.24, 2.45) is 10.2 Å². The molecule has 0 unspecified atom stereocenters. The van der Waals surface area contributed by atoms with Crippen molar-refractivity contribution in [3.63, 3.8) is 0 Å². The van der Waals surface area contributed by atoms with E-state index in [1.807, 2.05) is 0 Å². The average Bonchev–Trinajstić information content (AvgIpc) is 3.07. The van der Waals surface area contributed by atoms with E-state index in [9.17, 15) is 40.9 Å². The number of hydrogen-bond acceptors (Lipinski definition) is 9. The number of carbonyl (C=O) groups is 2. The number of benzene rings is 2. The number of azo groups is 1. The minimum atomic E-state index is -4.98. The second-order valence-corrected chi connectivity index (χ2v) is 10.1. The van der Waals surface area contributed by atoms with Crippen LogP contribution in [0.15, 0.2) is 61.2 Å². The molecular weight excluding hydrogens is 546 g/mol. The number of carboxylic acids is 1. The fourth-order valence-electron chi connectivity index (χ4n) is 2.86. The van der Waals surface area contributed by atoms with Gasteiger partial charge in [0, 0.05) is 12.6 Å². The van der Waals surface area contributed by atoms with Crippen molar-refractivity contribution < 1.29 is 40.6 Å². The Bertz CT molecular complexity index is 1690. The number of amides is 1. The van der Waals surface area contributed by atoms with Crippen LogP contribution in [0.1, 0.15) is 17.4 Å². The molecule has 0 saturated carbocycles. The third-order valence-electron chi connectivity index (χ3n) is 4.35. The summed E-state index contributed by atoms with van der Waals surface area (Å²) < 4.78 is 65.4. The van der Waals surface area contributed by atoms with Gasteiger partial charge in [-0.25, -0.2) is 9.48 Å². The Morgan fingerprint density at radius 2 is 1.58 bits per heavy atom. The van der Waals surface area contributed by atoms with Crippen molar-refractivity contribution in [2.75, 3.05) is 5.32 Å². The van der Waals surface area contributed by atoms with E-state index in [1.54, 1.807) is 0 Å². The van der Waals surface area contributed by atoms with Crippen LogP contribution in [-0.4, -0.2) is 52.7 Å². The number of carbonyl (C=O) groups excluding carboxylic acids is 1. The second-order valence-electron chi connectivity index (χ2n) is 6.91. The molecule has 5 N–H and O–H groups in total. The van der Waals surface area contributed by atoms with Crippen LogP contribution in [-0.2, 0) is 25.0 Å². The smallest absolute Gasteiger partial charge is 0.356 e. The van der Waals surface area contributed by atoms with Crippen molar-refractivity contribution in [1.82, 2.24) is 9.78 Å². The highest BCUT2D eigenvalue weighted by atomic mass is 35.5. The summed E-state index contributed by atoms with van der Waals surface area (Å²) in [4.78, 5) is 34.4. The normalized spacial score (nSPS) is 12.1. The predicted molar refractivity (Wildman–Crippen MR) is 123 cm³/mol. The topological polar surface area (TPSA) is 238 Å². The zero-order valence-corrected chi connectivity index (χ0v) is 20.1. The highest BCUT2D eigenvalue weighted by Gasteiger charge is 2.24. The standard InChI is InChI=1S/C18H14ClN5O10S2/c1-8(25)20-9-6-12(19)14(13(7-9)36(32,33)34)21-22-15-16(18(27)28)23-24(17(15)26)10-2-4-11(5-3-10)35(29,30)31/h2-7,23H,1H3,(H,20,25)(H,27,28)(H,29,30,31)(H,32,33,34). The number of aromatic carboxylic acids is 1. The van der Waals surface area contributed by atoms with Crippen LogP contribution in [0.3, 0.4) is 0 Å². The van der Waals surface area contributed by atoms with Gasteiger partial charge in [0.1, 0.15) is 10.6 Å². The first-order valence-electron chi connectivity index (χ1n) is 9.26. The van der Waals surface area contributed by atoms with Gasteiger partial charge in [-0.2, -0.15) is 16.8 Å². The molecule has 36 heavy (non-hydrogen) atoms. The van der Waals surface area contributed by atoms with E-state index >= 15 is 0 Å². The minimum absolute atomic E-state index is 0.0485. The van der Waals surface area contributed by atoms with Crippen LogP contribution >= 0.6 is 11.6 Å². The third-order valence-corrected chi connectivity index (χ3v) is 6.37. The van der Waals surface area contributed by atoms with Gasteiger partial charge in [-0.3, -0.25) is 23.8 Å². The summed E-state index contributed by atoms with van der Waals surface area (Å²) in [5.74, 6) is -2.23. The molecule has 0 saturated heterocycles. The molecule has 0 spiro atoms. The molecule has 0 aliphatic rings. The van der Waals surface area contributed by atoms with Crippen molar-refractivity contribution in [2.45, 2.75) is 16.7 Å². The van der Waals surface area contributed by atoms with Gasteiger partial charge < -0.3 is 10.4 Å².